The van der Waals surface area contributed by atoms with Crippen molar-refractivity contribution in [3.05, 3.63) is 23.8 Å². The zero-order valence-electron chi connectivity index (χ0n) is 13.1. The molecule has 0 saturated carbocycles. The molecule has 0 aromatic heterocycles. The van der Waals surface area contributed by atoms with Gasteiger partial charge < -0.3 is 25.2 Å². The van der Waals surface area contributed by atoms with Crippen LogP contribution in [0.4, 0.5) is 0 Å². The van der Waals surface area contributed by atoms with E-state index >= 15 is 0 Å². The Morgan fingerprint density at radius 3 is 2.73 bits per heavy atom. The van der Waals surface area contributed by atoms with Gasteiger partial charge in [-0.25, -0.2) is 4.99 Å². The van der Waals surface area contributed by atoms with E-state index in [1.807, 2.05) is 18.2 Å². The fourth-order valence-corrected chi connectivity index (χ4v) is 2.48. The molecular formula is C16H25N3O3. The number of piperidine rings is 1. The summed E-state index contributed by atoms with van der Waals surface area (Å²) in [5.41, 5.74) is 7.06. The monoisotopic (exact) mass is 307 g/mol. The van der Waals surface area contributed by atoms with Gasteiger partial charge in [-0.15, -0.1) is 0 Å². The highest BCUT2D eigenvalue weighted by molar-refractivity contribution is 5.78. The largest absolute Gasteiger partial charge is 0.493 e. The van der Waals surface area contributed by atoms with Gasteiger partial charge in [-0.05, 0) is 37.0 Å². The summed E-state index contributed by atoms with van der Waals surface area (Å²) in [4.78, 5) is 6.61. The lowest BCUT2D eigenvalue weighted by Gasteiger charge is -2.27. The zero-order chi connectivity index (χ0) is 15.8. The Morgan fingerprint density at radius 1 is 1.27 bits per heavy atom. The second kappa shape index (κ2) is 8.48. The summed E-state index contributed by atoms with van der Waals surface area (Å²) in [6, 6.07) is 5.65. The molecule has 1 heterocycles. The van der Waals surface area contributed by atoms with E-state index in [1.54, 1.807) is 7.11 Å². The second-order valence-corrected chi connectivity index (χ2v) is 5.28. The van der Waals surface area contributed by atoms with Crippen LogP contribution in [0.1, 0.15) is 24.8 Å². The van der Waals surface area contributed by atoms with Crippen LogP contribution < -0.4 is 15.2 Å². The van der Waals surface area contributed by atoms with E-state index in [0.717, 1.165) is 18.7 Å². The third-order valence-corrected chi connectivity index (χ3v) is 3.68. The number of aliphatic imine (C=N–C) groups is 1. The van der Waals surface area contributed by atoms with Gasteiger partial charge >= 0.3 is 0 Å². The summed E-state index contributed by atoms with van der Waals surface area (Å²) in [6.45, 7) is 2.72. The molecule has 1 aliphatic heterocycles. The molecule has 1 aromatic rings. The van der Waals surface area contributed by atoms with Crippen LogP contribution in [0.25, 0.3) is 0 Å². The molecule has 1 aliphatic rings. The number of likely N-dealkylation sites (tertiary alicyclic amines) is 1. The average molecular weight is 307 g/mol. The molecule has 1 saturated heterocycles. The van der Waals surface area contributed by atoms with Crippen LogP contribution in [0.15, 0.2) is 23.2 Å². The molecule has 6 nitrogen and oxygen atoms in total. The minimum absolute atomic E-state index is 0.0262. The van der Waals surface area contributed by atoms with E-state index in [0.29, 0.717) is 24.0 Å². The Kier molecular flexibility index (Phi) is 6.33. The first-order valence-electron chi connectivity index (χ1n) is 7.70. The maximum atomic E-state index is 8.81. The molecule has 1 fully saturated rings. The third-order valence-electron chi connectivity index (χ3n) is 3.68. The highest BCUT2D eigenvalue weighted by Gasteiger charge is 2.12. The second-order valence-electron chi connectivity index (χ2n) is 5.28. The lowest BCUT2D eigenvalue weighted by molar-refractivity contribution is 0.196. The number of methoxy groups -OCH3 is 1. The predicted octanol–water partition coefficient (Wildman–Crippen LogP) is 1.37. The van der Waals surface area contributed by atoms with Gasteiger partial charge in [0.05, 0.1) is 20.3 Å². The summed E-state index contributed by atoms with van der Waals surface area (Å²) in [5, 5.41) is 8.81. The smallest absolute Gasteiger partial charge is 0.191 e. The minimum Gasteiger partial charge on any atom is -0.493 e. The molecule has 6 heteroatoms. The fraction of sp³-hybridized carbons (Fsp3) is 0.562. The Hall–Kier alpha value is -1.95. The molecule has 0 spiro atoms. The molecule has 0 atom stereocenters. The van der Waals surface area contributed by atoms with Gasteiger partial charge in [0.15, 0.2) is 17.5 Å². The molecule has 3 N–H and O–H groups in total. The molecule has 0 aliphatic carbocycles. The zero-order valence-corrected chi connectivity index (χ0v) is 13.1. The van der Waals surface area contributed by atoms with Crippen molar-refractivity contribution < 1.29 is 14.6 Å². The van der Waals surface area contributed by atoms with Crippen molar-refractivity contribution in [2.45, 2.75) is 25.8 Å². The fourth-order valence-electron chi connectivity index (χ4n) is 2.48. The number of nitrogens with two attached hydrogens (primary N) is 1. The summed E-state index contributed by atoms with van der Waals surface area (Å²) in [5.74, 6) is 1.87. The number of hydrogen-bond acceptors (Lipinski definition) is 4. The molecule has 0 unspecified atom stereocenters. The molecule has 0 radical (unpaired) electrons. The molecule has 122 valence electrons. The SMILES string of the molecule is COc1cc(CN=C(N)N2CCCCC2)ccc1OCCO. The van der Waals surface area contributed by atoms with Crippen LogP contribution in [-0.2, 0) is 6.54 Å². The quantitative estimate of drug-likeness (QED) is 0.613. The number of ether oxygens (including phenoxy) is 2. The summed E-state index contributed by atoms with van der Waals surface area (Å²) in [7, 11) is 1.59. The number of nitrogens with zero attached hydrogens (tertiary/aromatic N) is 2. The first-order chi connectivity index (χ1) is 10.7. The average Bonchev–Trinajstić information content (AvgIpc) is 2.58. The number of aliphatic hydroxyl groups excluding tert-OH is 1. The van der Waals surface area contributed by atoms with Gasteiger partial charge in [0, 0.05) is 13.1 Å². The normalized spacial score (nSPS) is 15.7. The third kappa shape index (κ3) is 4.53. The molecule has 2 rings (SSSR count). The number of aliphatic hydroxyl groups is 1. The lowest BCUT2D eigenvalue weighted by atomic mass is 10.1. The van der Waals surface area contributed by atoms with Gasteiger partial charge in [-0.2, -0.15) is 0 Å². The van der Waals surface area contributed by atoms with Crippen LogP contribution in [0.2, 0.25) is 0 Å². The van der Waals surface area contributed by atoms with E-state index in [9.17, 15) is 0 Å². The van der Waals surface area contributed by atoms with Gasteiger partial charge in [-0.1, -0.05) is 6.07 Å². The van der Waals surface area contributed by atoms with E-state index in [4.69, 9.17) is 20.3 Å². The number of hydrogen-bond donors (Lipinski definition) is 2. The van der Waals surface area contributed by atoms with Crippen molar-refractivity contribution in [1.82, 2.24) is 4.90 Å². The summed E-state index contributed by atoms with van der Waals surface area (Å²) >= 11 is 0. The molecular weight excluding hydrogens is 282 g/mol. The van der Waals surface area contributed by atoms with Crippen LogP contribution in [0.5, 0.6) is 11.5 Å². The number of guanidine groups is 1. The van der Waals surface area contributed by atoms with Crippen molar-refractivity contribution >= 4 is 5.96 Å². The predicted molar refractivity (Wildman–Crippen MR) is 86.3 cm³/mol. The van der Waals surface area contributed by atoms with E-state index in [2.05, 4.69) is 9.89 Å². The highest BCUT2D eigenvalue weighted by Crippen LogP contribution is 2.28. The first kappa shape index (κ1) is 16.4. The van der Waals surface area contributed by atoms with Gasteiger partial charge in [-0.3, -0.25) is 0 Å². The molecule has 0 amide bonds. The van der Waals surface area contributed by atoms with Crippen molar-refractivity contribution in [3.8, 4) is 11.5 Å². The van der Waals surface area contributed by atoms with E-state index in [1.165, 1.54) is 19.3 Å². The standard InChI is InChI=1S/C16H25N3O3/c1-21-15-11-13(5-6-14(15)22-10-9-20)12-18-16(17)19-7-3-2-4-8-19/h5-6,11,20H,2-4,7-10,12H2,1H3,(H2,17,18). The van der Waals surface area contributed by atoms with Crippen LogP contribution >= 0.6 is 0 Å². The van der Waals surface area contributed by atoms with Crippen molar-refractivity contribution in [1.29, 1.82) is 0 Å². The Bertz CT molecular complexity index is 499. The van der Waals surface area contributed by atoms with E-state index in [-0.39, 0.29) is 13.2 Å². The first-order valence-corrected chi connectivity index (χ1v) is 7.70. The Morgan fingerprint density at radius 2 is 2.05 bits per heavy atom. The van der Waals surface area contributed by atoms with Crippen LogP contribution in [0, 0.1) is 0 Å². The van der Waals surface area contributed by atoms with Crippen LogP contribution in [0.3, 0.4) is 0 Å². The van der Waals surface area contributed by atoms with Crippen molar-refractivity contribution in [3.63, 3.8) is 0 Å². The van der Waals surface area contributed by atoms with Crippen molar-refractivity contribution in [2.75, 3.05) is 33.4 Å². The van der Waals surface area contributed by atoms with Gasteiger partial charge in [0.1, 0.15) is 6.61 Å². The van der Waals surface area contributed by atoms with Crippen LogP contribution in [-0.4, -0.2) is 49.4 Å². The van der Waals surface area contributed by atoms with Gasteiger partial charge in [0.25, 0.3) is 0 Å². The summed E-state index contributed by atoms with van der Waals surface area (Å²) in [6.07, 6.45) is 3.64. The van der Waals surface area contributed by atoms with E-state index < -0.39 is 0 Å². The molecule has 22 heavy (non-hydrogen) atoms. The lowest BCUT2D eigenvalue weighted by Crippen LogP contribution is -2.40. The molecule has 1 aromatic carbocycles. The highest BCUT2D eigenvalue weighted by atomic mass is 16.5. The topological polar surface area (TPSA) is 80.3 Å². The maximum absolute atomic E-state index is 8.81. The molecule has 0 bridgehead atoms. The Balaban J connectivity index is 1.99. The van der Waals surface area contributed by atoms with Crippen molar-refractivity contribution in [2.24, 2.45) is 10.7 Å². The Labute approximate surface area is 131 Å². The number of rotatable bonds is 6. The number of benzene rings is 1. The maximum Gasteiger partial charge on any atom is 0.191 e. The minimum atomic E-state index is -0.0262. The van der Waals surface area contributed by atoms with Gasteiger partial charge in [0.2, 0.25) is 0 Å². The summed E-state index contributed by atoms with van der Waals surface area (Å²) < 4.78 is 10.7.